The fourth-order valence-electron chi connectivity index (χ4n) is 1.88. The van der Waals surface area contributed by atoms with Crippen molar-refractivity contribution in [3.05, 3.63) is 52.1 Å². The minimum absolute atomic E-state index is 0.133. The minimum Gasteiger partial charge on any atom is -0.495 e. The molecule has 7 nitrogen and oxygen atoms in total. The van der Waals surface area contributed by atoms with E-state index in [0.717, 1.165) is 0 Å². The third-order valence-electron chi connectivity index (χ3n) is 2.79. The van der Waals surface area contributed by atoms with E-state index in [4.69, 9.17) is 15.7 Å². The molecule has 0 atom stereocenters. The van der Waals surface area contributed by atoms with Crippen LogP contribution in [0, 0.1) is 21.4 Å². The normalized spacial score (nSPS) is 9.71. The van der Waals surface area contributed by atoms with Gasteiger partial charge in [0.25, 0.3) is 5.69 Å². The Morgan fingerprint density at radius 3 is 2.76 bits per heavy atom. The molecule has 21 heavy (non-hydrogen) atoms. The Bertz CT molecular complexity index is 737. The first kappa shape index (κ1) is 14.1. The van der Waals surface area contributed by atoms with Crippen LogP contribution >= 0.6 is 0 Å². The fourth-order valence-corrected chi connectivity index (χ4v) is 1.88. The summed E-state index contributed by atoms with van der Waals surface area (Å²) < 4.78 is 5.19. The number of methoxy groups -OCH3 is 1. The van der Waals surface area contributed by atoms with E-state index in [1.165, 1.54) is 19.2 Å². The quantitative estimate of drug-likeness (QED) is 0.507. The Kier molecular flexibility index (Phi) is 3.90. The van der Waals surface area contributed by atoms with Crippen molar-refractivity contribution < 1.29 is 9.66 Å². The molecular weight excluding hydrogens is 272 g/mol. The molecule has 2 rings (SSSR count). The molecular formula is C14H12N4O3. The number of para-hydroxylation sites is 1. The maximum Gasteiger partial charge on any atom is 0.273 e. The van der Waals surface area contributed by atoms with Gasteiger partial charge < -0.3 is 15.8 Å². The molecule has 0 fully saturated rings. The van der Waals surface area contributed by atoms with Crippen LogP contribution in [0.4, 0.5) is 22.7 Å². The molecule has 0 heterocycles. The SMILES string of the molecule is COc1cccc(C#N)c1Nc1cc(N)cc([N+](=O)[O-])c1. The number of ether oxygens (including phenoxy) is 1. The van der Waals surface area contributed by atoms with Crippen LogP contribution in [0.2, 0.25) is 0 Å². The van der Waals surface area contributed by atoms with E-state index in [0.29, 0.717) is 22.7 Å². The van der Waals surface area contributed by atoms with Gasteiger partial charge in [-0.2, -0.15) is 5.26 Å². The lowest BCUT2D eigenvalue weighted by atomic mass is 10.1. The van der Waals surface area contributed by atoms with Crippen LogP contribution in [0.5, 0.6) is 5.75 Å². The Morgan fingerprint density at radius 2 is 2.14 bits per heavy atom. The van der Waals surface area contributed by atoms with Crippen LogP contribution < -0.4 is 15.8 Å². The number of rotatable bonds is 4. The van der Waals surface area contributed by atoms with Crippen molar-refractivity contribution in [3.8, 4) is 11.8 Å². The highest BCUT2D eigenvalue weighted by Crippen LogP contribution is 2.32. The smallest absolute Gasteiger partial charge is 0.273 e. The highest BCUT2D eigenvalue weighted by atomic mass is 16.6. The second kappa shape index (κ2) is 5.79. The number of nitrogens with one attached hydrogen (secondary N) is 1. The van der Waals surface area contributed by atoms with Crippen molar-refractivity contribution in [3.63, 3.8) is 0 Å². The first-order valence-electron chi connectivity index (χ1n) is 5.94. The molecule has 106 valence electrons. The summed E-state index contributed by atoms with van der Waals surface area (Å²) in [4.78, 5) is 10.3. The number of nitro groups is 1. The van der Waals surface area contributed by atoms with Gasteiger partial charge in [0.15, 0.2) is 0 Å². The lowest BCUT2D eigenvalue weighted by Gasteiger charge is -2.13. The highest BCUT2D eigenvalue weighted by Gasteiger charge is 2.12. The number of anilines is 3. The lowest BCUT2D eigenvalue weighted by molar-refractivity contribution is -0.384. The Morgan fingerprint density at radius 1 is 1.38 bits per heavy atom. The summed E-state index contributed by atoms with van der Waals surface area (Å²) in [6.07, 6.45) is 0. The molecule has 0 saturated carbocycles. The molecule has 0 bridgehead atoms. The monoisotopic (exact) mass is 284 g/mol. The van der Waals surface area contributed by atoms with Crippen LogP contribution in [0.3, 0.4) is 0 Å². The van der Waals surface area contributed by atoms with Gasteiger partial charge in [-0.25, -0.2) is 0 Å². The minimum atomic E-state index is -0.533. The van der Waals surface area contributed by atoms with Crippen molar-refractivity contribution in [2.24, 2.45) is 0 Å². The van der Waals surface area contributed by atoms with E-state index >= 15 is 0 Å². The van der Waals surface area contributed by atoms with Gasteiger partial charge >= 0.3 is 0 Å². The van der Waals surface area contributed by atoms with Crippen LogP contribution in [0.25, 0.3) is 0 Å². The van der Waals surface area contributed by atoms with E-state index < -0.39 is 4.92 Å². The number of nitriles is 1. The first-order valence-corrected chi connectivity index (χ1v) is 5.94. The Labute approximate surface area is 120 Å². The van der Waals surface area contributed by atoms with Crippen molar-refractivity contribution >= 4 is 22.7 Å². The standard InChI is InChI=1S/C14H12N4O3/c1-21-13-4-2-3-9(8-15)14(13)17-11-5-10(16)6-12(7-11)18(19)20/h2-7,17H,16H2,1H3. The van der Waals surface area contributed by atoms with Crippen molar-refractivity contribution in [1.29, 1.82) is 5.26 Å². The average molecular weight is 284 g/mol. The van der Waals surface area contributed by atoms with E-state index in [2.05, 4.69) is 5.32 Å². The van der Waals surface area contributed by atoms with Crippen LogP contribution in [0.1, 0.15) is 5.56 Å². The third-order valence-corrected chi connectivity index (χ3v) is 2.79. The molecule has 0 aliphatic rings. The number of nitrogens with two attached hydrogens (primary N) is 1. The van der Waals surface area contributed by atoms with E-state index in [-0.39, 0.29) is 11.4 Å². The molecule has 2 aromatic rings. The number of nitrogen functional groups attached to an aromatic ring is 1. The molecule has 0 unspecified atom stereocenters. The van der Waals surface area contributed by atoms with Gasteiger partial charge in [0.2, 0.25) is 0 Å². The number of benzene rings is 2. The zero-order valence-corrected chi connectivity index (χ0v) is 11.2. The summed E-state index contributed by atoms with van der Waals surface area (Å²) in [6.45, 7) is 0. The summed E-state index contributed by atoms with van der Waals surface area (Å²) in [7, 11) is 1.48. The van der Waals surface area contributed by atoms with Gasteiger partial charge in [-0.1, -0.05) is 6.07 Å². The summed E-state index contributed by atoms with van der Waals surface area (Å²) in [6, 6.07) is 11.2. The molecule has 0 saturated heterocycles. The van der Waals surface area contributed by atoms with Gasteiger partial charge in [-0.15, -0.1) is 0 Å². The molecule has 0 radical (unpaired) electrons. The highest BCUT2D eigenvalue weighted by molar-refractivity contribution is 5.75. The van der Waals surface area contributed by atoms with Crippen LogP contribution in [0.15, 0.2) is 36.4 Å². The van der Waals surface area contributed by atoms with Crippen molar-refractivity contribution in [1.82, 2.24) is 0 Å². The topological polar surface area (TPSA) is 114 Å². The molecule has 0 aliphatic heterocycles. The fraction of sp³-hybridized carbons (Fsp3) is 0.0714. The van der Waals surface area contributed by atoms with Gasteiger partial charge in [0.1, 0.15) is 11.8 Å². The van der Waals surface area contributed by atoms with Crippen molar-refractivity contribution in [2.75, 3.05) is 18.2 Å². The summed E-state index contributed by atoms with van der Waals surface area (Å²) in [5.41, 5.74) is 6.97. The lowest BCUT2D eigenvalue weighted by Crippen LogP contribution is -1.99. The maximum atomic E-state index is 10.8. The molecule has 0 aromatic heterocycles. The number of nitro benzene ring substituents is 1. The molecule has 2 aromatic carbocycles. The second-order valence-corrected chi connectivity index (χ2v) is 4.19. The van der Waals surface area contributed by atoms with E-state index in [1.807, 2.05) is 6.07 Å². The number of nitrogens with zero attached hydrogens (tertiary/aromatic N) is 2. The van der Waals surface area contributed by atoms with Crippen LogP contribution in [-0.2, 0) is 0 Å². The molecule has 0 amide bonds. The summed E-state index contributed by atoms with van der Waals surface area (Å²) >= 11 is 0. The Balaban J connectivity index is 2.48. The summed E-state index contributed by atoms with van der Waals surface area (Å²) in [5.74, 6) is 0.458. The van der Waals surface area contributed by atoms with Crippen molar-refractivity contribution in [2.45, 2.75) is 0 Å². The molecule has 3 N–H and O–H groups in total. The zero-order valence-electron chi connectivity index (χ0n) is 11.2. The third kappa shape index (κ3) is 3.01. The predicted molar refractivity (Wildman–Crippen MR) is 78.5 cm³/mol. The molecule has 7 heteroatoms. The van der Waals surface area contributed by atoms with E-state index in [9.17, 15) is 10.1 Å². The molecule has 0 spiro atoms. The zero-order chi connectivity index (χ0) is 15.4. The van der Waals surface area contributed by atoms with Gasteiger partial charge in [-0.05, 0) is 18.2 Å². The number of hydrogen-bond acceptors (Lipinski definition) is 6. The number of non-ortho nitro benzene ring substituents is 1. The van der Waals surface area contributed by atoms with Gasteiger partial charge in [0, 0.05) is 23.5 Å². The predicted octanol–water partition coefficient (Wildman–Crippen LogP) is 2.80. The Hall–Kier alpha value is -3.27. The summed E-state index contributed by atoms with van der Waals surface area (Å²) in [5, 5.41) is 22.9. The first-order chi connectivity index (χ1) is 10.0. The number of hydrogen-bond donors (Lipinski definition) is 2. The second-order valence-electron chi connectivity index (χ2n) is 4.19. The molecule has 0 aliphatic carbocycles. The average Bonchev–Trinajstić information content (AvgIpc) is 2.46. The van der Waals surface area contributed by atoms with E-state index in [1.54, 1.807) is 24.3 Å². The van der Waals surface area contributed by atoms with Gasteiger partial charge in [-0.3, -0.25) is 10.1 Å². The maximum absolute atomic E-state index is 10.8. The largest absolute Gasteiger partial charge is 0.495 e. The van der Waals surface area contributed by atoms with Gasteiger partial charge in [0.05, 0.1) is 23.3 Å². The van der Waals surface area contributed by atoms with Crippen LogP contribution in [-0.4, -0.2) is 12.0 Å².